The molecule has 2 fully saturated rings. The van der Waals surface area contributed by atoms with E-state index in [1.54, 1.807) is 17.3 Å². The molecule has 124 valence electrons. The van der Waals surface area contributed by atoms with E-state index in [4.69, 9.17) is 14.0 Å². The second-order valence-corrected chi connectivity index (χ2v) is 7.00. The van der Waals surface area contributed by atoms with Gasteiger partial charge in [0.05, 0.1) is 30.0 Å². The Labute approximate surface area is 137 Å². The molecule has 2 saturated heterocycles. The first-order chi connectivity index (χ1) is 10.8. The van der Waals surface area contributed by atoms with Crippen LogP contribution in [-0.2, 0) is 14.0 Å². The normalized spacial score (nSPS) is 23.1. The number of ether oxygens (including phenoxy) is 1. The molecule has 23 heavy (non-hydrogen) atoms. The molecule has 6 nitrogen and oxygen atoms in total. The maximum absolute atomic E-state index is 12.6. The predicted molar refractivity (Wildman–Crippen MR) is 86.7 cm³/mol. The van der Waals surface area contributed by atoms with Gasteiger partial charge >= 0.3 is 7.12 Å². The van der Waals surface area contributed by atoms with Gasteiger partial charge in [0.15, 0.2) is 0 Å². The molecule has 3 heterocycles. The van der Waals surface area contributed by atoms with Crippen molar-refractivity contribution in [3.8, 4) is 0 Å². The van der Waals surface area contributed by atoms with Crippen LogP contribution in [0.3, 0.4) is 0 Å². The lowest BCUT2D eigenvalue weighted by Crippen LogP contribution is -2.41. The summed E-state index contributed by atoms with van der Waals surface area (Å²) in [6.45, 7) is 10.4. The van der Waals surface area contributed by atoms with Crippen LogP contribution in [0, 0.1) is 0 Å². The average molecular weight is 318 g/mol. The number of pyridine rings is 1. The Morgan fingerprint density at radius 2 is 1.74 bits per heavy atom. The zero-order valence-electron chi connectivity index (χ0n) is 14.2. The van der Waals surface area contributed by atoms with Gasteiger partial charge in [-0.3, -0.25) is 9.78 Å². The molecule has 1 aromatic heterocycles. The number of amides is 1. The summed E-state index contributed by atoms with van der Waals surface area (Å²) in [5.74, 6) is -0.0285. The van der Waals surface area contributed by atoms with Gasteiger partial charge in [0.25, 0.3) is 5.91 Å². The fraction of sp³-hybridized carbons (Fsp3) is 0.625. The topological polar surface area (TPSA) is 60.9 Å². The Kier molecular flexibility index (Phi) is 4.20. The van der Waals surface area contributed by atoms with Crippen molar-refractivity contribution in [3.63, 3.8) is 0 Å². The van der Waals surface area contributed by atoms with E-state index in [1.807, 2.05) is 33.8 Å². The molecule has 1 amide bonds. The maximum Gasteiger partial charge on any atom is 0.496 e. The van der Waals surface area contributed by atoms with E-state index in [9.17, 15) is 4.79 Å². The van der Waals surface area contributed by atoms with E-state index >= 15 is 0 Å². The number of carbonyl (C=O) groups excluding carboxylic acids is 1. The zero-order valence-corrected chi connectivity index (χ0v) is 14.2. The molecule has 0 radical (unpaired) electrons. The Morgan fingerprint density at radius 1 is 1.13 bits per heavy atom. The summed E-state index contributed by atoms with van der Waals surface area (Å²) >= 11 is 0. The lowest BCUT2D eigenvalue weighted by Gasteiger charge is -2.32. The molecule has 0 aliphatic carbocycles. The van der Waals surface area contributed by atoms with Crippen LogP contribution < -0.4 is 5.46 Å². The summed E-state index contributed by atoms with van der Waals surface area (Å²) in [6, 6.07) is 1.81. The highest BCUT2D eigenvalue weighted by molar-refractivity contribution is 6.62. The lowest BCUT2D eigenvalue weighted by atomic mass is 9.79. The van der Waals surface area contributed by atoms with E-state index in [0.29, 0.717) is 31.9 Å². The van der Waals surface area contributed by atoms with E-state index < -0.39 is 18.3 Å². The second-order valence-electron chi connectivity index (χ2n) is 7.00. The van der Waals surface area contributed by atoms with Crippen LogP contribution in [0.25, 0.3) is 0 Å². The summed E-state index contributed by atoms with van der Waals surface area (Å²) in [5, 5.41) is 0. The monoisotopic (exact) mass is 318 g/mol. The largest absolute Gasteiger partial charge is 0.496 e. The summed E-state index contributed by atoms with van der Waals surface area (Å²) in [7, 11) is -0.509. The molecular formula is C16H23BN2O4. The molecule has 3 rings (SSSR count). The maximum atomic E-state index is 12.6. The third-order valence-corrected chi connectivity index (χ3v) is 4.83. The van der Waals surface area contributed by atoms with Crippen molar-refractivity contribution >= 4 is 18.5 Å². The Balaban J connectivity index is 1.79. The van der Waals surface area contributed by atoms with Gasteiger partial charge in [0.2, 0.25) is 0 Å². The Bertz CT molecular complexity index is 583. The molecule has 2 aliphatic rings. The molecule has 1 aromatic rings. The number of rotatable bonds is 2. The smallest absolute Gasteiger partial charge is 0.399 e. The molecule has 0 saturated carbocycles. The van der Waals surface area contributed by atoms with Gasteiger partial charge in [-0.05, 0) is 33.8 Å². The number of hydrogen-bond donors (Lipinski definition) is 0. The van der Waals surface area contributed by atoms with Gasteiger partial charge in [0.1, 0.15) is 0 Å². The number of morpholine rings is 1. The van der Waals surface area contributed by atoms with Crippen molar-refractivity contribution in [1.29, 1.82) is 0 Å². The fourth-order valence-electron chi connectivity index (χ4n) is 2.63. The second kappa shape index (κ2) is 5.89. The van der Waals surface area contributed by atoms with Crippen molar-refractivity contribution in [2.24, 2.45) is 0 Å². The molecule has 0 spiro atoms. The van der Waals surface area contributed by atoms with Crippen LogP contribution in [-0.4, -0.2) is 60.4 Å². The molecule has 7 heteroatoms. The van der Waals surface area contributed by atoms with E-state index in [1.165, 1.54) is 0 Å². The minimum Gasteiger partial charge on any atom is -0.399 e. The summed E-state index contributed by atoms with van der Waals surface area (Å²) < 4.78 is 17.3. The standard InChI is InChI=1S/C16H23BN2O4/c1-15(2)16(3,4)23-17(22-15)13-9-12(10-18-11-13)14(20)19-5-7-21-8-6-19/h9-11H,5-8H2,1-4H3. The highest BCUT2D eigenvalue weighted by Crippen LogP contribution is 2.36. The van der Waals surface area contributed by atoms with Crippen molar-refractivity contribution in [3.05, 3.63) is 24.0 Å². The number of nitrogens with zero attached hydrogens (tertiary/aromatic N) is 2. The summed E-state index contributed by atoms with van der Waals surface area (Å²) in [4.78, 5) is 18.6. The zero-order chi connectivity index (χ0) is 16.7. The first-order valence-corrected chi connectivity index (χ1v) is 7.98. The van der Waals surface area contributed by atoms with E-state index in [-0.39, 0.29) is 5.91 Å². The van der Waals surface area contributed by atoms with Crippen molar-refractivity contribution in [1.82, 2.24) is 9.88 Å². The average Bonchev–Trinajstić information content (AvgIpc) is 2.76. The summed E-state index contributed by atoms with van der Waals surface area (Å²) in [5.41, 5.74) is 0.492. The first-order valence-electron chi connectivity index (χ1n) is 7.98. The molecule has 0 bridgehead atoms. The van der Waals surface area contributed by atoms with Gasteiger partial charge in [-0.1, -0.05) is 0 Å². The van der Waals surface area contributed by atoms with Crippen molar-refractivity contribution in [2.75, 3.05) is 26.3 Å². The summed E-state index contributed by atoms with van der Waals surface area (Å²) in [6.07, 6.45) is 3.28. The first kappa shape index (κ1) is 16.4. The van der Waals surface area contributed by atoms with Crippen molar-refractivity contribution in [2.45, 2.75) is 38.9 Å². The quantitative estimate of drug-likeness (QED) is 0.757. The molecule has 0 N–H and O–H groups in total. The molecule has 0 aromatic carbocycles. The van der Waals surface area contributed by atoms with E-state index in [2.05, 4.69) is 4.98 Å². The predicted octanol–water partition coefficient (Wildman–Crippen LogP) is 0.853. The van der Waals surface area contributed by atoms with Crippen LogP contribution in [0.5, 0.6) is 0 Å². The lowest BCUT2D eigenvalue weighted by molar-refractivity contribution is 0.00578. The van der Waals surface area contributed by atoms with Gasteiger partial charge < -0.3 is 18.9 Å². The molecular weight excluding hydrogens is 295 g/mol. The molecule has 0 atom stereocenters. The number of aromatic nitrogens is 1. The Morgan fingerprint density at radius 3 is 2.35 bits per heavy atom. The van der Waals surface area contributed by atoms with Crippen molar-refractivity contribution < 1.29 is 18.8 Å². The van der Waals surface area contributed by atoms with E-state index in [0.717, 1.165) is 5.46 Å². The van der Waals surface area contributed by atoms with Gasteiger partial charge in [-0.15, -0.1) is 0 Å². The fourth-order valence-corrected chi connectivity index (χ4v) is 2.63. The third kappa shape index (κ3) is 3.13. The minimum atomic E-state index is -0.509. The minimum absolute atomic E-state index is 0.0285. The molecule has 0 unspecified atom stereocenters. The molecule has 2 aliphatic heterocycles. The van der Waals surface area contributed by atoms with Gasteiger partial charge in [-0.25, -0.2) is 0 Å². The number of carbonyl (C=O) groups is 1. The van der Waals surface area contributed by atoms with Crippen LogP contribution in [0.15, 0.2) is 18.5 Å². The van der Waals surface area contributed by atoms with Crippen LogP contribution in [0.1, 0.15) is 38.1 Å². The SMILES string of the molecule is CC1(C)OB(c2cncc(C(=O)N3CCOCC3)c2)OC1(C)C. The Hall–Kier alpha value is -1.44. The highest BCUT2D eigenvalue weighted by atomic mass is 16.7. The van der Waals surface area contributed by atoms with Gasteiger partial charge in [-0.2, -0.15) is 0 Å². The van der Waals surface area contributed by atoms with Gasteiger partial charge in [0, 0.05) is 30.9 Å². The van der Waals surface area contributed by atoms with Crippen LogP contribution in [0.4, 0.5) is 0 Å². The highest BCUT2D eigenvalue weighted by Gasteiger charge is 2.51. The van der Waals surface area contributed by atoms with Crippen LogP contribution >= 0.6 is 0 Å². The third-order valence-electron chi connectivity index (χ3n) is 4.83. The number of hydrogen-bond acceptors (Lipinski definition) is 5. The van der Waals surface area contributed by atoms with Crippen LogP contribution in [0.2, 0.25) is 0 Å².